The van der Waals surface area contributed by atoms with Gasteiger partial charge in [0, 0.05) is 5.69 Å². The molecule has 88 valence electrons. The Labute approximate surface area is 104 Å². The molecule has 0 saturated carbocycles. The quantitative estimate of drug-likeness (QED) is 0.826. The van der Waals surface area contributed by atoms with Gasteiger partial charge in [-0.05, 0) is 48.6 Å². The van der Waals surface area contributed by atoms with E-state index in [0.717, 1.165) is 21.8 Å². The number of hydrogen-bond acceptors (Lipinski definition) is 2. The van der Waals surface area contributed by atoms with Gasteiger partial charge in [-0.25, -0.2) is 4.79 Å². The normalized spacial score (nSPS) is 10.0. The van der Waals surface area contributed by atoms with Crippen LogP contribution in [0.1, 0.15) is 11.1 Å². The molecule has 0 atom stereocenters. The van der Waals surface area contributed by atoms with Gasteiger partial charge in [0.25, 0.3) is 0 Å². The summed E-state index contributed by atoms with van der Waals surface area (Å²) in [5.74, 6) is 0. The fourth-order valence-corrected chi connectivity index (χ4v) is 2.10. The number of carbonyl (C=O) groups is 1. The first kappa shape index (κ1) is 11.7. The predicted octanol–water partition coefficient (Wildman–Crippen LogP) is 4.01. The Balaban J connectivity index is 2.05. The van der Waals surface area contributed by atoms with E-state index in [1.165, 1.54) is 11.3 Å². The molecule has 0 bridgehead atoms. The molecule has 2 N–H and O–H groups in total. The second kappa shape index (κ2) is 5.01. The number of amides is 2. The summed E-state index contributed by atoms with van der Waals surface area (Å²) >= 11 is 1.50. The molecule has 2 rings (SSSR count). The number of carbonyl (C=O) groups excluding carboxylic acids is 1. The van der Waals surface area contributed by atoms with Crippen molar-refractivity contribution in [3.8, 4) is 0 Å². The molecule has 0 aliphatic carbocycles. The highest BCUT2D eigenvalue weighted by atomic mass is 32.1. The van der Waals surface area contributed by atoms with E-state index >= 15 is 0 Å². The lowest BCUT2D eigenvalue weighted by molar-refractivity contribution is 0.262. The lowest BCUT2D eigenvalue weighted by Gasteiger charge is -2.09. The van der Waals surface area contributed by atoms with Crippen LogP contribution in [0.2, 0.25) is 0 Å². The third kappa shape index (κ3) is 3.07. The molecule has 4 heteroatoms. The first-order valence-electron chi connectivity index (χ1n) is 5.34. The Morgan fingerprint density at radius 1 is 1.18 bits per heavy atom. The third-order valence-corrected chi connectivity index (χ3v) is 3.18. The van der Waals surface area contributed by atoms with E-state index in [2.05, 4.69) is 10.6 Å². The van der Waals surface area contributed by atoms with E-state index in [1.807, 2.05) is 49.6 Å². The van der Waals surface area contributed by atoms with Crippen LogP contribution < -0.4 is 10.6 Å². The van der Waals surface area contributed by atoms with Crippen LogP contribution in [0.5, 0.6) is 0 Å². The van der Waals surface area contributed by atoms with Crippen LogP contribution in [0.15, 0.2) is 35.7 Å². The molecular weight excluding hydrogens is 232 g/mol. The standard InChI is InChI=1S/C13H14N2OS/c1-9-5-6-10(2)11(8-9)14-13(16)15-12-4-3-7-17-12/h3-8H,1-2H3,(H2,14,15,16). The minimum Gasteiger partial charge on any atom is -0.307 e. The van der Waals surface area contributed by atoms with Crippen molar-refractivity contribution in [1.29, 1.82) is 0 Å². The zero-order valence-corrected chi connectivity index (χ0v) is 10.6. The molecule has 0 aliphatic heterocycles. The molecule has 2 aromatic rings. The fourth-order valence-electron chi connectivity index (χ4n) is 1.49. The number of aryl methyl sites for hydroxylation is 2. The molecular formula is C13H14N2OS. The molecule has 1 heterocycles. The summed E-state index contributed by atoms with van der Waals surface area (Å²) < 4.78 is 0. The van der Waals surface area contributed by atoms with Crippen molar-refractivity contribution in [3.05, 3.63) is 46.8 Å². The van der Waals surface area contributed by atoms with E-state index in [1.54, 1.807) is 0 Å². The summed E-state index contributed by atoms with van der Waals surface area (Å²) in [4.78, 5) is 11.7. The molecule has 17 heavy (non-hydrogen) atoms. The van der Waals surface area contributed by atoms with E-state index in [4.69, 9.17) is 0 Å². The van der Waals surface area contributed by atoms with Gasteiger partial charge in [-0.3, -0.25) is 5.32 Å². The van der Waals surface area contributed by atoms with E-state index < -0.39 is 0 Å². The Morgan fingerprint density at radius 3 is 2.71 bits per heavy atom. The highest BCUT2D eigenvalue weighted by Gasteiger charge is 2.05. The molecule has 3 nitrogen and oxygen atoms in total. The van der Waals surface area contributed by atoms with Crippen LogP contribution in [0.25, 0.3) is 0 Å². The molecule has 0 fully saturated rings. The van der Waals surface area contributed by atoms with E-state index in [-0.39, 0.29) is 6.03 Å². The van der Waals surface area contributed by atoms with Crippen LogP contribution in [-0.2, 0) is 0 Å². The van der Waals surface area contributed by atoms with Gasteiger partial charge in [-0.2, -0.15) is 0 Å². The van der Waals surface area contributed by atoms with Crippen molar-refractivity contribution in [1.82, 2.24) is 0 Å². The number of nitrogens with one attached hydrogen (secondary N) is 2. The van der Waals surface area contributed by atoms with Gasteiger partial charge in [0.15, 0.2) is 0 Å². The molecule has 0 spiro atoms. The highest BCUT2D eigenvalue weighted by Crippen LogP contribution is 2.18. The Morgan fingerprint density at radius 2 is 2.00 bits per heavy atom. The maximum Gasteiger partial charge on any atom is 0.324 e. The Kier molecular flexibility index (Phi) is 3.44. The number of benzene rings is 1. The molecule has 0 radical (unpaired) electrons. The van der Waals surface area contributed by atoms with Crippen molar-refractivity contribution >= 4 is 28.1 Å². The maximum absolute atomic E-state index is 11.7. The average molecular weight is 246 g/mol. The van der Waals surface area contributed by atoms with Gasteiger partial charge < -0.3 is 5.32 Å². The van der Waals surface area contributed by atoms with Gasteiger partial charge in [-0.15, -0.1) is 11.3 Å². The zero-order valence-electron chi connectivity index (χ0n) is 9.78. The smallest absolute Gasteiger partial charge is 0.307 e. The highest BCUT2D eigenvalue weighted by molar-refractivity contribution is 7.14. The molecule has 0 aliphatic rings. The molecule has 0 saturated heterocycles. The minimum atomic E-state index is -0.207. The van der Waals surface area contributed by atoms with E-state index in [9.17, 15) is 4.79 Å². The summed E-state index contributed by atoms with van der Waals surface area (Å²) in [6, 6.07) is 9.55. The lowest BCUT2D eigenvalue weighted by Crippen LogP contribution is -2.19. The topological polar surface area (TPSA) is 41.1 Å². The summed E-state index contributed by atoms with van der Waals surface area (Å²) in [7, 11) is 0. The number of urea groups is 1. The lowest BCUT2D eigenvalue weighted by atomic mass is 10.1. The first-order chi connectivity index (χ1) is 8.15. The molecule has 2 amide bonds. The molecule has 1 aromatic carbocycles. The van der Waals surface area contributed by atoms with Crippen LogP contribution in [0.3, 0.4) is 0 Å². The van der Waals surface area contributed by atoms with Crippen LogP contribution >= 0.6 is 11.3 Å². The van der Waals surface area contributed by atoms with Gasteiger partial charge in [0.05, 0.1) is 5.00 Å². The van der Waals surface area contributed by atoms with Crippen LogP contribution in [-0.4, -0.2) is 6.03 Å². The third-order valence-electron chi connectivity index (χ3n) is 2.40. The van der Waals surface area contributed by atoms with Gasteiger partial charge >= 0.3 is 6.03 Å². The monoisotopic (exact) mass is 246 g/mol. The molecule has 1 aromatic heterocycles. The van der Waals surface area contributed by atoms with Gasteiger partial charge in [0.1, 0.15) is 0 Å². The van der Waals surface area contributed by atoms with Crippen molar-refractivity contribution in [2.45, 2.75) is 13.8 Å². The number of thiophene rings is 1. The second-order valence-electron chi connectivity index (χ2n) is 3.87. The predicted molar refractivity (Wildman–Crippen MR) is 72.9 cm³/mol. The van der Waals surface area contributed by atoms with Gasteiger partial charge in [-0.1, -0.05) is 12.1 Å². The first-order valence-corrected chi connectivity index (χ1v) is 6.22. The Hall–Kier alpha value is -1.81. The second-order valence-corrected chi connectivity index (χ2v) is 4.82. The van der Waals surface area contributed by atoms with Crippen LogP contribution in [0.4, 0.5) is 15.5 Å². The SMILES string of the molecule is Cc1ccc(C)c(NC(=O)Nc2cccs2)c1. The average Bonchev–Trinajstić information content (AvgIpc) is 2.76. The summed E-state index contributed by atoms with van der Waals surface area (Å²) in [6.45, 7) is 3.97. The zero-order chi connectivity index (χ0) is 12.3. The molecule has 0 unspecified atom stereocenters. The maximum atomic E-state index is 11.7. The van der Waals surface area contributed by atoms with Crippen LogP contribution in [0, 0.1) is 13.8 Å². The van der Waals surface area contributed by atoms with Crippen molar-refractivity contribution in [3.63, 3.8) is 0 Å². The van der Waals surface area contributed by atoms with Crippen molar-refractivity contribution in [2.75, 3.05) is 10.6 Å². The van der Waals surface area contributed by atoms with Crippen molar-refractivity contribution in [2.24, 2.45) is 0 Å². The number of anilines is 2. The minimum absolute atomic E-state index is 0.207. The van der Waals surface area contributed by atoms with E-state index in [0.29, 0.717) is 0 Å². The number of rotatable bonds is 2. The largest absolute Gasteiger partial charge is 0.324 e. The Bertz CT molecular complexity index is 520. The number of hydrogen-bond donors (Lipinski definition) is 2. The summed E-state index contributed by atoms with van der Waals surface area (Å²) in [6.07, 6.45) is 0. The van der Waals surface area contributed by atoms with Crippen molar-refractivity contribution < 1.29 is 4.79 Å². The summed E-state index contributed by atoms with van der Waals surface area (Å²) in [5.41, 5.74) is 3.03. The van der Waals surface area contributed by atoms with Gasteiger partial charge in [0.2, 0.25) is 0 Å². The fraction of sp³-hybridized carbons (Fsp3) is 0.154. The summed E-state index contributed by atoms with van der Waals surface area (Å²) in [5, 5.41) is 8.40.